The van der Waals surface area contributed by atoms with Crippen molar-refractivity contribution in [3.8, 4) is 0 Å². The molecule has 0 bridgehead atoms. The number of thiophene rings is 1. The van der Waals surface area contributed by atoms with Gasteiger partial charge in [-0.05, 0) is 31.2 Å². The fourth-order valence-corrected chi connectivity index (χ4v) is 4.19. The van der Waals surface area contributed by atoms with E-state index in [4.69, 9.17) is 5.84 Å². The minimum Gasteiger partial charge on any atom is -0.333 e. The molecule has 0 fully saturated rings. The molecule has 0 spiro atoms. The molecule has 1 aliphatic heterocycles. The van der Waals surface area contributed by atoms with Gasteiger partial charge in [-0.2, -0.15) is 4.68 Å². The number of anilines is 2. The Labute approximate surface area is 137 Å². The third-order valence-corrected chi connectivity index (χ3v) is 5.30. The molecule has 6 nitrogen and oxygen atoms in total. The van der Waals surface area contributed by atoms with Gasteiger partial charge in [-0.3, -0.25) is 4.79 Å². The maximum atomic E-state index is 12.6. The van der Waals surface area contributed by atoms with Gasteiger partial charge in [0.1, 0.15) is 4.70 Å². The minimum atomic E-state index is -0.199. The Hall–Kier alpha value is -2.38. The van der Waals surface area contributed by atoms with Crippen LogP contribution >= 0.6 is 11.3 Å². The zero-order chi connectivity index (χ0) is 16.0. The highest BCUT2D eigenvalue weighted by Crippen LogP contribution is 2.32. The van der Waals surface area contributed by atoms with E-state index < -0.39 is 0 Å². The first kappa shape index (κ1) is 14.2. The third kappa shape index (κ3) is 2.38. The van der Waals surface area contributed by atoms with E-state index in [9.17, 15) is 4.79 Å². The van der Waals surface area contributed by atoms with Crippen molar-refractivity contribution >= 4 is 33.2 Å². The highest BCUT2D eigenvalue weighted by molar-refractivity contribution is 7.19. The van der Waals surface area contributed by atoms with Gasteiger partial charge in [0, 0.05) is 23.7 Å². The van der Waals surface area contributed by atoms with Gasteiger partial charge < -0.3 is 16.1 Å². The van der Waals surface area contributed by atoms with Gasteiger partial charge in [0.2, 0.25) is 5.95 Å². The number of fused-ring (bicyclic) bond motifs is 3. The predicted molar refractivity (Wildman–Crippen MR) is 93.8 cm³/mol. The van der Waals surface area contributed by atoms with Crippen LogP contribution < -0.4 is 16.7 Å². The van der Waals surface area contributed by atoms with E-state index in [1.807, 2.05) is 30.3 Å². The summed E-state index contributed by atoms with van der Waals surface area (Å²) in [5, 5.41) is 3.13. The van der Waals surface area contributed by atoms with Crippen molar-refractivity contribution in [2.45, 2.75) is 13.0 Å². The molecule has 0 saturated heterocycles. The first-order chi connectivity index (χ1) is 11.1. The molecular formula is C16H17N5OS. The molecule has 0 radical (unpaired) electrons. The molecule has 4 rings (SSSR count). The molecule has 0 unspecified atom stereocenters. The Morgan fingerprint density at radius 3 is 2.87 bits per heavy atom. The number of rotatable bonds is 2. The summed E-state index contributed by atoms with van der Waals surface area (Å²) in [5.41, 5.74) is 2.64. The molecular weight excluding hydrogens is 310 g/mol. The molecule has 2 aromatic heterocycles. The number of nitrogens with zero attached hydrogens (tertiary/aromatic N) is 3. The smallest absolute Gasteiger partial charge is 0.291 e. The van der Waals surface area contributed by atoms with Gasteiger partial charge >= 0.3 is 0 Å². The lowest BCUT2D eigenvalue weighted by atomic mass is 10.1. The zero-order valence-corrected chi connectivity index (χ0v) is 13.6. The topological polar surface area (TPSA) is 76.2 Å². The van der Waals surface area contributed by atoms with Gasteiger partial charge in [-0.1, -0.05) is 18.2 Å². The van der Waals surface area contributed by atoms with Crippen molar-refractivity contribution in [3.63, 3.8) is 0 Å². The van der Waals surface area contributed by atoms with E-state index in [-0.39, 0.29) is 5.56 Å². The summed E-state index contributed by atoms with van der Waals surface area (Å²) in [6, 6.07) is 9.59. The van der Waals surface area contributed by atoms with Gasteiger partial charge in [0.25, 0.3) is 5.56 Å². The van der Waals surface area contributed by atoms with Gasteiger partial charge in [0.15, 0.2) is 0 Å². The first-order valence-electron chi connectivity index (χ1n) is 7.46. The molecule has 0 amide bonds. The predicted octanol–water partition coefficient (Wildman–Crippen LogP) is 1.90. The summed E-state index contributed by atoms with van der Waals surface area (Å²) >= 11 is 1.51. The Morgan fingerprint density at radius 1 is 1.30 bits per heavy atom. The van der Waals surface area contributed by atoms with E-state index in [0.717, 1.165) is 35.4 Å². The third-order valence-electron chi connectivity index (χ3n) is 4.11. The molecule has 3 aromatic rings. The summed E-state index contributed by atoms with van der Waals surface area (Å²) in [5.74, 6) is 6.33. The molecule has 23 heavy (non-hydrogen) atoms. The molecule has 3 N–H and O–H groups in total. The van der Waals surface area contributed by atoms with Crippen LogP contribution in [0, 0.1) is 0 Å². The molecule has 118 valence electrons. The fourth-order valence-electron chi connectivity index (χ4n) is 2.88. The van der Waals surface area contributed by atoms with E-state index in [1.165, 1.54) is 21.8 Å². The van der Waals surface area contributed by atoms with Crippen LogP contribution in [0.25, 0.3) is 10.2 Å². The number of benzene rings is 1. The van der Waals surface area contributed by atoms with Crippen LogP contribution in [0.2, 0.25) is 0 Å². The van der Waals surface area contributed by atoms with Crippen LogP contribution in [0.1, 0.15) is 10.4 Å². The number of aromatic nitrogens is 2. The summed E-state index contributed by atoms with van der Waals surface area (Å²) in [6.45, 7) is 1.84. The van der Waals surface area contributed by atoms with Crippen molar-refractivity contribution in [1.29, 1.82) is 0 Å². The van der Waals surface area contributed by atoms with E-state index in [1.54, 1.807) is 0 Å². The highest BCUT2D eigenvalue weighted by Gasteiger charge is 2.23. The number of likely N-dealkylation sites (N-methyl/N-ethyl adjacent to an activating group) is 1. The van der Waals surface area contributed by atoms with Crippen molar-refractivity contribution < 1.29 is 0 Å². The summed E-state index contributed by atoms with van der Waals surface area (Å²) in [4.78, 5) is 20.7. The molecule has 0 atom stereocenters. The minimum absolute atomic E-state index is 0.199. The Bertz CT molecular complexity index is 931. The molecule has 0 aliphatic carbocycles. The maximum Gasteiger partial charge on any atom is 0.291 e. The largest absolute Gasteiger partial charge is 0.333 e. The molecule has 7 heteroatoms. The van der Waals surface area contributed by atoms with Crippen molar-refractivity contribution in [2.24, 2.45) is 0 Å². The highest BCUT2D eigenvalue weighted by atomic mass is 32.1. The van der Waals surface area contributed by atoms with Crippen LogP contribution in [0.3, 0.4) is 0 Å². The van der Waals surface area contributed by atoms with Crippen LogP contribution in [0.4, 0.5) is 11.6 Å². The Balaban J connectivity index is 1.86. The number of para-hydroxylation sites is 1. The number of hydrogen-bond donors (Lipinski definition) is 2. The second-order valence-electron chi connectivity index (χ2n) is 5.77. The molecule has 3 heterocycles. The average Bonchev–Trinajstić information content (AvgIpc) is 2.91. The Kier molecular flexibility index (Phi) is 3.32. The number of nitrogen functional groups attached to an aromatic ring is 1. The van der Waals surface area contributed by atoms with Crippen LogP contribution in [-0.2, 0) is 13.0 Å². The second kappa shape index (κ2) is 5.36. The maximum absolute atomic E-state index is 12.6. The number of nitrogens with two attached hydrogens (primary N) is 1. The summed E-state index contributed by atoms with van der Waals surface area (Å²) < 4.78 is 1.74. The Morgan fingerprint density at radius 2 is 2.09 bits per heavy atom. The molecule has 1 aromatic carbocycles. The average molecular weight is 327 g/mol. The number of nitrogens with one attached hydrogen (secondary N) is 1. The van der Waals surface area contributed by atoms with Crippen LogP contribution in [0.15, 0.2) is 35.1 Å². The summed E-state index contributed by atoms with van der Waals surface area (Å²) in [6.07, 6.45) is 0.914. The lowest BCUT2D eigenvalue weighted by Crippen LogP contribution is -2.30. The van der Waals surface area contributed by atoms with Gasteiger partial charge in [0.05, 0.1) is 5.52 Å². The SMILES string of the molecule is CN1CCc2c(sc3c(=O)n(N)c(Nc4ccccc4)nc23)C1. The first-order valence-corrected chi connectivity index (χ1v) is 8.28. The quantitative estimate of drug-likeness (QED) is 0.703. The monoisotopic (exact) mass is 327 g/mol. The van der Waals surface area contributed by atoms with E-state index >= 15 is 0 Å². The van der Waals surface area contributed by atoms with Crippen LogP contribution in [-0.4, -0.2) is 28.2 Å². The second-order valence-corrected chi connectivity index (χ2v) is 6.88. The standard InChI is InChI=1S/C16H17N5OS/c1-20-8-7-11-12(9-20)23-14-13(11)19-16(21(17)15(14)22)18-10-5-3-2-4-6-10/h2-6H,7-9,17H2,1H3,(H,18,19). The normalized spacial score (nSPS) is 14.8. The van der Waals surface area contributed by atoms with Crippen molar-refractivity contribution in [1.82, 2.24) is 14.6 Å². The lowest BCUT2D eigenvalue weighted by Gasteiger charge is -2.21. The lowest BCUT2D eigenvalue weighted by molar-refractivity contribution is 0.317. The fraction of sp³-hybridized carbons (Fsp3) is 0.250. The summed E-state index contributed by atoms with van der Waals surface area (Å²) in [7, 11) is 2.09. The molecule has 1 aliphatic rings. The number of hydrogen-bond acceptors (Lipinski definition) is 6. The van der Waals surface area contributed by atoms with Crippen molar-refractivity contribution in [3.05, 3.63) is 51.1 Å². The van der Waals surface area contributed by atoms with Gasteiger partial charge in [-0.25, -0.2) is 4.98 Å². The van der Waals surface area contributed by atoms with E-state index in [2.05, 4.69) is 22.2 Å². The van der Waals surface area contributed by atoms with Gasteiger partial charge in [-0.15, -0.1) is 11.3 Å². The molecule has 0 saturated carbocycles. The van der Waals surface area contributed by atoms with Crippen LogP contribution in [0.5, 0.6) is 0 Å². The van der Waals surface area contributed by atoms with E-state index in [0.29, 0.717) is 10.6 Å². The van der Waals surface area contributed by atoms with Crippen molar-refractivity contribution in [2.75, 3.05) is 24.8 Å². The zero-order valence-electron chi connectivity index (χ0n) is 12.7.